The van der Waals surface area contributed by atoms with Gasteiger partial charge in [0.25, 0.3) is 0 Å². The topological polar surface area (TPSA) is 413 Å². The van der Waals surface area contributed by atoms with E-state index in [9.17, 15) is 76.6 Å². The zero-order valence-corrected chi connectivity index (χ0v) is 49.1. The van der Waals surface area contributed by atoms with Crippen LogP contribution in [0.25, 0.3) is 0 Å². The van der Waals surface area contributed by atoms with E-state index < -0.39 is 201 Å². The Morgan fingerprint density at radius 3 is 1.80 bits per heavy atom. The van der Waals surface area contributed by atoms with Gasteiger partial charge in [-0.15, -0.1) is 0 Å². The van der Waals surface area contributed by atoms with Crippen molar-refractivity contribution in [3.05, 3.63) is 11.6 Å². The van der Waals surface area contributed by atoms with Gasteiger partial charge in [-0.05, 0) is 111 Å². The lowest BCUT2D eigenvalue weighted by molar-refractivity contribution is -0.377. The number of carbonyl (C=O) groups excluding carboxylic acids is 1. The lowest BCUT2D eigenvalue weighted by Gasteiger charge is -2.72. The number of carbonyl (C=O) groups is 1. The molecule has 10 aliphatic rings. The predicted molar refractivity (Wildman–Crippen MR) is 283 cm³/mol. The Labute approximate surface area is 488 Å². The number of aliphatic hydroxyl groups excluding tert-OH is 15. The van der Waals surface area contributed by atoms with Gasteiger partial charge in [0.05, 0.1) is 56.3 Å². The van der Waals surface area contributed by atoms with Crippen LogP contribution in [0.15, 0.2) is 11.6 Å². The highest BCUT2D eigenvalue weighted by molar-refractivity contribution is 5.79. The van der Waals surface area contributed by atoms with Crippen molar-refractivity contribution >= 4 is 5.97 Å². The molecule has 0 bridgehead atoms. The van der Waals surface area contributed by atoms with E-state index in [-0.39, 0.29) is 41.6 Å². The molecular weight excluding hydrogens is 1110 g/mol. The van der Waals surface area contributed by atoms with E-state index in [0.717, 1.165) is 12.0 Å². The van der Waals surface area contributed by atoms with E-state index in [2.05, 4.69) is 40.7 Å². The van der Waals surface area contributed by atoms with Crippen molar-refractivity contribution in [1.29, 1.82) is 0 Å². The number of aliphatic hydroxyl groups is 15. The minimum Gasteiger partial charge on any atom is -0.432 e. The summed E-state index contributed by atoms with van der Waals surface area (Å²) in [6.45, 7) is 13.9. The molecule has 0 spiro atoms. The first-order valence-corrected chi connectivity index (χ1v) is 30.1. The summed E-state index contributed by atoms with van der Waals surface area (Å²) < 4.78 is 59.3. The van der Waals surface area contributed by atoms with Crippen molar-refractivity contribution < 1.29 is 129 Å². The zero-order chi connectivity index (χ0) is 61.3. The summed E-state index contributed by atoms with van der Waals surface area (Å²) >= 11 is 0. The molecule has 482 valence electrons. The van der Waals surface area contributed by atoms with Crippen molar-refractivity contribution in [3.63, 3.8) is 0 Å². The smallest absolute Gasteiger partial charge is 0.315 e. The van der Waals surface area contributed by atoms with E-state index in [0.29, 0.717) is 44.9 Å². The Balaban J connectivity index is 0.843. The van der Waals surface area contributed by atoms with Crippen molar-refractivity contribution in [1.82, 2.24) is 0 Å². The maximum absolute atomic E-state index is 15.4. The van der Waals surface area contributed by atoms with Gasteiger partial charge in [0.1, 0.15) is 91.6 Å². The summed E-state index contributed by atoms with van der Waals surface area (Å²) in [4.78, 5) is 15.4. The molecule has 26 nitrogen and oxygen atoms in total. The molecule has 4 saturated carbocycles. The molecule has 5 aliphatic carbocycles. The monoisotopic (exact) mass is 1210 g/mol. The van der Waals surface area contributed by atoms with Crippen molar-refractivity contribution in [2.75, 3.05) is 26.4 Å². The summed E-state index contributed by atoms with van der Waals surface area (Å²) in [7, 11) is 0. The number of ether oxygens (including phenoxy) is 10. The summed E-state index contributed by atoms with van der Waals surface area (Å²) in [6, 6.07) is 0. The Morgan fingerprint density at radius 2 is 1.13 bits per heavy atom. The van der Waals surface area contributed by atoms with Crippen LogP contribution in [-0.4, -0.2) is 263 Å². The molecule has 33 atom stereocenters. The number of esters is 1. The molecule has 0 aromatic carbocycles. The van der Waals surface area contributed by atoms with Crippen LogP contribution in [-0.2, 0) is 52.2 Å². The van der Waals surface area contributed by atoms with Crippen LogP contribution in [0.5, 0.6) is 0 Å². The largest absolute Gasteiger partial charge is 0.432 e. The van der Waals surface area contributed by atoms with E-state index in [1.165, 1.54) is 13.8 Å². The highest BCUT2D eigenvalue weighted by Gasteiger charge is 2.72. The maximum Gasteiger partial charge on any atom is 0.315 e. The van der Waals surface area contributed by atoms with Gasteiger partial charge in [0.15, 0.2) is 31.3 Å². The second-order valence-corrected chi connectivity index (χ2v) is 28.2. The molecule has 5 aliphatic heterocycles. The molecule has 26 heteroatoms. The van der Waals surface area contributed by atoms with Crippen molar-refractivity contribution in [2.24, 2.45) is 50.2 Å². The fraction of sp³-hybridized carbons (Fsp3) is 0.948. The molecule has 5 saturated heterocycles. The van der Waals surface area contributed by atoms with Crippen LogP contribution in [0, 0.1) is 50.2 Å². The normalized spacial score (nSPS) is 55.8. The molecule has 84 heavy (non-hydrogen) atoms. The third-order valence-corrected chi connectivity index (χ3v) is 22.8. The summed E-state index contributed by atoms with van der Waals surface area (Å²) in [6.07, 6.45) is -31.3. The number of hydrogen-bond acceptors (Lipinski definition) is 26. The average molecular weight is 1210 g/mol. The quantitative estimate of drug-likeness (QED) is 0.0528. The van der Waals surface area contributed by atoms with Crippen LogP contribution >= 0.6 is 0 Å². The van der Waals surface area contributed by atoms with Crippen LogP contribution < -0.4 is 0 Å². The second kappa shape index (κ2) is 23.8. The molecule has 10 rings (SSSR count). The highest BCUT2D eigenvalue weighted by Crippen LogP contribution is 2.76. The Kier molecular flexibility index (Phi) is 18.5. The van der Waals surface area contributed by atoms with Gasteiger partial charge in [0.2, 0.25) is 6.29 Å². The Bertz CT molecular complexity index is 2350. The van der Waals surface area contributed by atoms with Gasteiger partial charge >= 0.3 is 5.97 Å². The minimum atomic E-state index is -1.94. The number of allylic oxidation sites excluding steroid dienone is 2. The molecule has 15 N–H and O–H groups in total. The average Bonchev–Trinajstić information content (AvgIpc) is 0.682. The van der Waals surface area contributed by atoms with Crippen LogP contribution in [0.4, 0.5) is 0 Å². The molecule has 0 aromatic heterocycles. The van der Waals surface area contributed by atoms with Gasteiger partial charge in [-0.3, -0.25) is 4.79 Å². The summed E-state index contributed by atoms with van der Waals surface area (Å²) in [5.74, 6) is -1.12. The van der Waals surface area contributed by atoms with E-state index in [4.69, 9.17) is 47.4 Å². The standard InChI is InChI=1S/C58H94O26/c1-23-33(64)36(67)39(70)48(77-23)81-44-29(63)21-75-47(42(44)73)80-43-24(2)78-49(41(72)38(43)69)82-45-34(65)28(62)20-76-51(45)84-52(74)58-15-13-53(3,4)17-26(58)25-9-10-32-54(5)18-27(61)46(83-50-40(71)37(68)35(66)30(19-59)79-50)55(6,22-60)31(54)11-12-57(32,8)56(25,7)14-16-58/h9,23-24,26-51,59-73H,10-22H2,1-8H3/t23-,24-,26-,27-,28-,29+,30+,31+,32+,33-,34-,35+,36+,37-,38-,39+,40+,41+,42+,43-,44-,45+,46-,47-,48-,49-,50-,51-,54-,55-,56+,57+,58-/m0/s1. The molecule has 5 heterocycles. The van der Waals surface area contributed by atoms with Gasteiger partial charge in [0, 0.05) is 5.41 Å². The van der Waals surface area contributed by atoms with Crippen LogP contribution in [0.2, 0.25) is 0 Å². The highest BCUT2D eigenvalue weighted by atomic mass is 16.8. The Hall–Kier alpha value is -1.75. The van der Waals surface area contributed by atoms with Crippen LogP contribution in [0.3, 0.4) is 0 Å². The molecule has 0 unspecified atom stereocenters. The Morgan fingerprint density at radius 1 is 0.548 bits per heavy atom. The van der Waals surface area contributed by atoms with Gasteiger partial charge in [-0.2, -0.15) is 0 Å². The number of hydrogen-bond donors (Lipinski definition) is 15. The predicted octanol–water partition coefficient (Wildman–Crippen LogP) is -2.93. The van der Waals surface area contributed by atoms with Gasteiger partial charge in [-0.25, -0.2) is 0 Å². The maximum atomic E-state index is 15.4. The van der Waals surface area contributed by atoms with Gasteiger partial charge < -0.3 is 124 Å². The molecule has 0 aromatic rings. The minimum absolute atomic E-state index is 0.0207. The summed E-state index contributed by atoms with van der Waals surface area (Å²) in [5, 5.41) is 164. The van der Waals surface area contributed by atoms with E-state index in [1.807, 2.05) is 6.92 Å². The third-order valence-electron chi connectivity index (χ3n) is 22.8. The van der Waals surface area contributed by atoms with E-state index >= 15 is 4.79 Å². The fourth-order valence-corrected chi connectivity index (χ4v) is 17.5. The molecular formula is C58H94O26. The summed E-state index contributed by atoms with van der Waals surface area (Å²) in [5.41, 5.74) is -2.60. The lowest BCUT2D eigenvalue weighted by atomic mass is 9.33. The number of rotatable bonds is 12. The van der Waals surface area contributed by atoms with Crippen molar-refractivity contribution in [2.45, 2.75) is 267 Å². The molecule has 0 radical (unpaired) electrons. The lowest BCUT2D eigenvalue weighted by Crippen LogP contribution is -2.69. The molecule has 0 amide bonds. The van der Waals surface area contributed by atoms with Crippen molar-refractivity contribution in [3.8, 4) is 0 Å². The second-order valence-electron chi connectivity index (χ2n) is 28.2. The first kappa shape index (κ1) is 65.2. The van der Waals surface area contributed by atoms with E-state index in [1.54, 1.807) is 0 Å². The molecule has 9 fully saturated rings. The van der Waals surface area contributed by atoms with Gasteiger partial charge in [-0.1, -0.05) is 53.2 Å². The first-order chi connectivity index (χ1) is 39.3. The SMILES string of the molecule is C[C@@H]1O[C@@H](O[C@@H]2[C@@H](O)[C@H](O[C@@H]3[C@@H](O)[C@@H](O)[C@H](O[C@H]4[C@H](OC(=O)[C@]56CCC(C)(C)C[C@H]5C5=CC[C@@H]7[C@@]8(C)C[C@H](O)[C@H](O[C@@H]9O[C@H](CO)[C@@H](O)[C@H](O)[C@H]9O)[C@@](C)(CO)[C@@H]8CC[C@@]7(C)[C@]5(C)CC6)OC[C@H](O)[C@@H]4O)O[C@H]3C)OC[C@H]2O)[C@H](O)[C@H](O)[C@H]1O. The van der Waals surface area contributed by atoms with Crippen LogP contribution in [0.1, 0.15) is 113 Å². The zero-order valence-electron chi connectivity index (χ0n) is 49.1. The third kappa shape index (κ3) is 10.7. The first-order valence-electron chi connectivity index (χ1n) is 30.1. The fourth-order valence-electron chi connectivity index (χ4n) is 17.5. The number of fused-ring (bicyclic) bond motifs is 7.